The molecule has 0 aliphatic carbocycles. The Morgan fingerprint density at radius 3 is 2.27 bits per heavy atom. The number of hydrogen-bond donors (Lipinski definition) is 2. The quantitative estimate of drug-likeness (QED) is 0.661. The van der Waals surface area contributed by atoms with Crippen molar-refractivity contribution in [2.24, 2.45) is 0 Å². The molecule has 0 spiro atoms. The molecule has 1 aliphatic rings. The van der Waals surface area contributed by atoms with Crippen LogP contribution in [-0.2, 0) is 9.59 Å². The summed E-state index contributed by atoms with van der Waals surface area (Å²) in [5.74, 6) is -0.805. The number of phenols is 1. The third-order valence-corrected chi connectivity index (χ3v) is 3.43. The number of benzene rings is 2. The lowest BCUT2D eigenvalue weighted by atomic mass is 10.1. The van der Waals surface area contributed by atoms with Crippen LogP contribution in [0.2, 0.25) is 5.02 Å². The van der Waals surface area contributed by atoms with Gasteiger partial charge in [-0.15, -0.1) is 0 Å². The summed E-state index contributed by atoms with van der Waals surface area (Å²) >= 11 is 5.81. The van der Waals surface area contributed by atoms with Crippen molar-refractivity contribution in [1.29, 1.82) is 0 Å². The van der Waals surface area contributed by atoms with E-state index in [0.29, 0.717) is 16.3 Å². The average molecular weight is 315 g/mol. The van der Waals surface area contributed by atoms with Gasteiger partial charge in [0.05, 0.1) is 5.69 Å². The van der Waals surface area contributed by atoms with Crippen molar-refractivity contribution in [1.82, 2.24) is 5.43 Å². The van der Waals surface area contributed by atoms with E-state index in [9.17, 15) is 14.7 Å². The van der Waals surface area contributed by atoms with Crippen LogP contribution in [0.1, 0.15) is 5.56 Å². The first-order valence-electron chi connectivity index (χ1n) is 6.46. The summed E-state index contributed by atoms with van der Waals surface area (Å²) in [6.07, 6.45) is 1.48. The van der Waals surface area contributed by atoms with Gasteiger partial charge in [0.25, 0.3) is 11.8 Å². The molecule has 1 saturated heterocycles. The van der Waals surface area contributed by atoms with Crippen molar-refractivity contribution in [3.63, 3.8) is 0 Å². The minimum absolute atomic E-state index is 0.0284. The molecule has 2 aromatic rings. The molecule has 0 unspecified atom stereocenters. The van der Waals surface area contributed by atoms with Crippen molar-refractivity contribution >= 4 is 35.2 Å². The molecule has 0 radical (unpaired) electrons. The molecule has 0 saturated carbocycles. The summed E-state index contributed by atoms with van der Waals surface area (Å²) < 4.78 is 0. The van der Waals surface area contributed by atoms with Crippen molar-refractivity contribution in [2.75, 3.05) is 5.01 Å². The van der Waals surface area contributed by atoms with Gasteiger partial charge in [-0.05, 0) is 48.0 Å². The second-order valence-corrected chi connectivity index (χ2v) is 5.14. The Labute approximate surface area is 131 Å². The first-order valence-corrected chi connectivity index (χ1v) is 6.84. The Morgan fingerprint density at radius 1 is 1.00 bits per heavy atom. The molecule has 2 amide bonds. The molecule has 3 rings (SSSR count). The topological polar surface area (TPSA) is 69.6 Å². The van der Waals surface area contributed by atoms with Crippen LogP contribution < -0.4 is 10.4 Å². The van der Waals surface area contributed by atoms with E-state index in [0.717, 1.165) is 0 Å². The van der Waals surface area contributed by atoms with Gasteiger partial charge < -0.3 is 5.11 Å². The normalized spacial score (nSPS) is 16.2. The highest BCUT2D eigenvalue weighted by molar-refractivity contribution is 6.32. The second-order valence-electron chi connectivity index (χ2n) is 4.71. The lowest BCUT2D eigenvalue weighted by molar-refractivity contribution is -0.117. The Kier molecular flexibility index (Phi) is 3.56. The fourth-order valence-corrected chi connectivity index (χ4v) is 2.19. The van der Waals surface area contributed by atoms with Crippen molar-refractivity contribution in [3.05, 3.63) is 64.7 Å². The van der Waals surface area contributed by atoms with Gasteiger partial charge >= 0.3 is 0 Å². The van der Waals surface area contributed by atoms with E-state index in [2.05, 4.69) is 5.43 Å². The first-order chi connectivity index (χ1) is 10.5. The van der Waals surface area contributed by atoms with E-state index >= 15 is 0 Å². The molecule has 1 fully saturated rings. The van der Waals surface area contributed by atoms with Crippen LogP contribution in [0.5, 0.6) is 5.75 Å². The predicted octanol–water partition coefficient (Wildman–Crippen LogP) is 2.51. The van der Waals surface area contributed by atoms with Crippen LogP contribution >= 0.6 is 11.6 Å². The largest absolute Gasteiger partial charge is 0.508 e. The third kappa shape index (κ3) is 2.66. The predicted molar refractivity (Wildman–Crippen MR) is 83.2 cm³/mol. The smallest absolute Gasteiger partial charge is 0.282 e. The standard InChI is InChI=1S/C16H11ClN2O3/c17-11-3-5-12(6-4-11)19-16(22)14(15(21)18-19)9-10-1-7-13(20)8-2-10/h1-9,20H,(H,18,21). The fourth-order valence-electron chi connectivity index (χ4n) is 2.07. The molecule has 2 aromatic carbocycles. The monoisotopic (exact) mass is 314 g/mol. The van der Waals surface area contributed by atoms with Crippen LogP contribution in [-0.4, -0.2) is 16.9 Å². The summed E-state index contributed by atoms with van der Waals surface area (Å²) in [5, 5.41) is 11.0. The molecule has 0 bridgehead atoms. The number of nitrogens with one attached hydrogen (secondary N) is 1. The zero-order chi connectivity index (χ0) is 15.7. The fraction of sp³-hybridized carbons (Fsp3) is 0. The SMILES string of the molecule is O=C1NN(c2ccc(Cl)cc2)C(=O)C1=Cc1ccc(O)cc1. The number of anilines is 1. The first kappa shape index (κ1) is 14.2. The van der Waals surface area contributed by atoms with Gasteiger partial charge in [0.15, 0.2) is 0 Å². The lowest BCUT2D eigenvalue weighted by Gasteiger charge is -2.14. The lowest BCUT2D eigenvalue weighted by Crippen LogP contribution is -2.35. The van der Waals surface area contributed by atoms with Gasteiger partial charge in [0.2, 0.25) is 0 Å². The van der Waals surface area contributed by atoms with Crippen LogP contribution in [0, 0.1) is 0 Å². The van der Waals surface area contributed by atoms with E-state index in [1.54, 1.807) is 36.4 Å². The van der Waals surface area contributed by atoms with Gasteiger partial charge in [-0.3, -0.25) is 15.0 Å². The minimum atomic E-state index is -0.479. The summed E-state index contributed by atoms with van der Waals surface area (Å²) in [4.78, 5) is 24.4. The summed E-state index contributed by atoms with van der Waals surface area (Å²) in [6, 6.07) is 12.8. The molecular formula is C16H11ClN2O3. The van der Waals surface area contributed by atoms with Crippen LogP contribution in [0.15, 0.2) is 54.1 Å². The summed E-state index contributed by atoms with van der Waals surface area (Å²) in [5.41, 5.74) is 3.71. The van der Waals surface area contributed by atoms with E-state index in [1.165, 1.54) is 23.2 Å². The molecule has 22 heavy (non-hydrogen) atoms. The maximum Gasteiger partial charge on any atom is 0.282 e. The number of phenolic OH excluding ortho intramolecular Hbond substituents is 1. The molecule has 5 nitrogen and oxygen atoms in total. The third-order valence-electron chi connectivity index (χ3n) is 3.18. The van der Waals surface area contributed by atoms with Gasteiger partial charge in [-0.2, -0.15) is 0 Å². The Morgan fingerprint density at radius 2 is 1.64 bits per heavy atom. The molecule has 110 valence electrons. The highest BCUT2D eigenvalue weighted by Crippen LogP contribution is 2.23. The Balaban J connectivity index is 1.91. The number of hydrogen-bond acceptors (Lipinski definition) is 3. The van der Waals surface area contributed by atoms with E-state index in [1.807, 2.05) is 0 Å². The van der Waals surface area contributed by atoms with Gasteiger partial charge in [0, 0.05) is 5.02 Å². The molecule has 1 aliphatic heterocycles. The second kappa shape index (κ2) is 5.54. The molecule has 0 aromatic heterocycles. The summed E-state index contributed by atoms with van der Waals surface area (Å²) in [7, 11) is 0. The van der Waals surface area contributed by atoms with E-state index in [-0.39, 0.29) is 11.3 Å². The van der Waals surface area contributed by atoms with Gasteiger partial charge in [-0.25, -0.2) is 5.01 Å². The number of aromatic hydroxyl groups is 1. The Bertz CT molecular complexity index is 767. The van der Waals surface area contributed by atoms with E-state index < -0.39 is 11.8 Å². The Hall–Kier alpha value is -2.79. The van der Waals surface area contributed by atoms with Crippen LogP contribution in [0.4, 0.5) is 5.69 Å². The number of nitrogens with zero attached hydrogens (tertiary/aromatic N) is 1. The minimum Gasteiger partial charge on any atom is -0.508 e. The molecule has 0 atom stereocenters. The maximum atomic E-state index is 12.4. The molecule has 1 heterocycles. The highest BCUT2D eigenvalue weighted by atomic mass is 35.5. The number of halogens is 1. The van der Waals surface area contributed by atoms with Crippen molar-refractivity contribution in [3.8, 4) is 5.75 Å². The zero-order valence-corrected chi connectivity index (χ0v) is 12.0. The average Bonchev–Trinajstić information content (AvgIpc) is 2.78. The van der Waals surface area contributed by atoms with Crippen molar-refractivity contribution in [2.45, 2.75) is 0 Å². The molecule has 6 heteroatoms. The van der Waals surface area contributed by atoms with Crippen molar-refractivity contribution < 1.29 is 14.7 Å². The summed E-state index contributed by atoms with van der Waals surface area (Å²) in [6.45, 7) is 0. The van der Waals surface area contributed by atoms with Gasteiger partial charge in [-0.1, -0.05) is 23.7 Å². The maximum absolute atomic E-state index is 12.4. The number of rotatable bonds is 2. The van der Waals surface area contributed by atoms with Gasteiger partial charge in [0.1, 0.15) is 11.3 Å². The zero-order valence-electron chi connectivity index (χ0n) is 11.3. The van der Waals surface area contributed by atoms with E-state index in [4.69, 9.17) is 11.6 Å². The number of amides is 2. The van der Waals surface area contributed by atoms with Crippen LogP contribution in [0.25, 0.3) is 6.08 Å². The highest BCUT2D eigenvalue weighted by Gasteiger charge is 2.34. The van der Waals surface area contributed by atoms with Crippen LogP contribution in [0.3, 0.4) is 0 Å². The molecule has 2 N–H and O–H groups in total. The molecular weight excluding hydrogens is 304 g/mol. The number of carbonyl (C=O) groups excluding carboxylic acids is 2. The number of hydrazine groups is 1. The number of carbonyl (C=O) groups is 2.